The van der Waals surface area contributed by atoms with Crippen molar-refractivity contribution < 1.29 is 22.8 Å². The summed E-state index contributed by atoms with van der Waals surface area (Å²) in [4.78, 5) is 27.6. The van der Waals surface area contributed by atoms with Gasteiger partial charge in [0.25, 0.3) is 0 Å². The summed E-state index contributed by atoms with van der Waals surface area (Å²) in [6, 6.07) is 5.48. The number of benzene rings is 1. The summed E-state index contributed by atoms with van der Waals surface area (Å²) < 4.78 is 41.0. The molecule has 0 saturated carbocycles. The van der Waals surface area contributed by atoms with Gasteiger partial charge in [-0.15, -0.1) is 16.4 Å². The van der Waals surface area contributed by atoms with Crippen LogP contribution in [0.1, 0.15) is 71.7 Å². The number of piperidine rings is 1. The average molecular weight is 519 g/mol. The number of aryl methyl sites for hydroxylation is 1. The van der Waals surface area contributed by atoms with E-state index in [9.17, 15) is 22.8 Å². The number of likely N-dealkylation sites (tertiary alicyclic amines) is 1. The fourth-order valence-electron chi connectivity index (χ4n) is 4.83. The Balaban J connectivity index is 1.64. The van der Waals surface area contributed by atoms with E-state index in [1.54, 1.807) is 24.0 Å². The molecular weight excluding hydrogens is 489 g/mol. The predicted octanol–water partition coefficient (Wildman–Crippen LogP) is 6.33. The zero-order chi connectivity index (χ0) is 26.4. The van der Waals surface area contributed by atoms with Gasteiger partial charge in [-0.2, -0.15) is 18.3 Å². The molecule has 1 fully saturated rings. The van der Waals surface area contributed by atoms with Gasteiger partial charge < -0.3 is 10.2 Å². The number of amides is 1. The van der Waals surface area contributed by atoms with Crippen LogP contribution in [-0.2, 0) is 11.0 Å². The summed E-state index contributed by atoms with van der Waals surface area (Å²) in [6.45, 7) is 9.63. The molecule has 1 aromatic carbocycles. The van der Waals surface area contributed by atoms with Gasteiger partial charge in [0.05, 0.1) is 26.9 Å². The van der Waals surface area contributed by atoms with Crippen LogP contribution in [0, 0.1) is 19.3 Å². The Labute approximate surface area is 211 Å². The number of carbonyl (C=O) groups is 2. The van der Waals surface area contributed by atoms with Crippen LogP contribution >= 0.6 is 11.3 Å². The number of fused-ring (bicyclic) bond motifs is 1. The number of carbonyl (C=O) groups excluding carboxylic acids is 2. The molecule has 6 nitrogen and oxygen atoms in total. The van der Waals surface area contributed by atoms with E-state index < -0.39 is 23.2 Å². The highest BCUT2D eigenvalue weighted by atomic mass is 32.1. The fraction of sp³-hybridized carbons (Fsp3) is 0.462. The second kappa shape index (κ2) is 9.46. The van der Waals surface area contributed by atoms with Crippen LogP contribution in [0.15, 0.2) is 24.3 Å². The molecule has 1 aliphatic heterocycles. The number of nitrogens with zero attached hydrogens (tertiary/aromatic N) is 3. The van der Waals surface area contributed by atoms with Crippen LogP contribution < -0.4 is 5.32 Å². The molecule has 1 aliphatic rings. The second-order valence-electron chi connectivity index (χ2n) is 9.77. The first-order chi connectivity index (χ1) is 16.8. The third-order valence-corrected chi connectivity index (χ3v) is 8.44. The highest BCUT2D eigenvalue weighted by Crippen LogP contribution is 2.40. The van der Waals surface area contributed by atoms with Crippen molar-refractivity contribution >= 4 is 38.9 Å². The van der Waals surface area contributed by atoms with Crippen molar-refractivity contribution in [3.8, 4) is 0 Å². The van der Waals surface area contributed by atoms with Crippen molar-refractivity contribution in [2.75, 3.05) is 18.4 Å². The van der Waals surface area contributed by atoms with Gasteiger partial charge in [0.2, 0.25) is 5.91 Å². The van der Waals surface area contributed by atoms with E-state index in [0.717, 1.165) is 16.2 Å². The number of nitrogens with one attached hydrogen (secondary N) is 1. The van der Waals surface area contributed by atoms with E-state index in [1.165, 1.54) is 31.3 Å². The molecule has 36 heavy (non-hydrogen) atoms. The second-order valence-corrected chi connectivity index (χ2v) is 10.8. The maximum Gasteiger partial charge on any atom is 0.416 e. The number of halogens is 3. The first kappa shape index (κ1) is 26.1. The van der Waals surface area contributed by atoms with Crippen LogP contribution in [0.4, 0.5) is 19.0 Å². The Morgan fingerprint density at radius 3 is 2.44 bits per heavy atom. The first-order valence-electron chi connectivity index (χ1n) is 11.8. The van der Waals surface area contributed by atoms with Gasteiger partial charge in [-0.3, -0.25) is 9.59 Å². The van der Waals surface area contributed by atoms with E-state index in [0.29, 0.717) is 47.9 Å². The standard InChI is InChI=1S/C26H29F3N4O2S/c1-14-18(7-6-8-20(14)26(27,28)29)15(2)30-24-19-13-21(36-22(19)16(3)31-32-24)23(35)25(5)9-11-33(12-10-25)17(4)34/h6-8,13,15H,9-12H2,1-5H3,(H,30,32)/t15-/m1/s1. The average Bonchev–Trinajstić information content (AvgIpc) is 3.26. The van der Waals surface area contributed by atoms with Crippen LogP contribution in [0.5, 0.6) is 0 Å². The van der Waals surface area contributed by atoms with Crippen molar-refractivity contribution in [3.05, 3.63) is 51.5 Å². The number of ketones is 1. The molecule has 0 unspecified atom stereocenters. The molecular formula is C26H29F3N4O2S. The van der Waals surface area contributed by atoms with Crippen LogP contribution in [0.25, 0.3) is 10.1 Å². The van der Waals surface area contributed by atoms with Crippen molar-refractivity contribution in [1.82, 2.24) is 15.1 Å². The number of Topliss-reactive ketones (excluding diaryl/α,β-unsaturated/α-hetero) is 1. The molecule has 0 aliphatic carbocycles. The largest absolute Gasteiger partial charge is 0.416 e. The van der Waals surface area contributed by atoms with E-state index >= 15 is 0 Å². The maximum absolute atomic E-state index is 13.5. The van der Waals surface area contributed by atoms with Crippen molar-refractivity contribution in [1.29, 1.82) is 0 Å². The van der Waals surface area contributed by atoms with Crippen molar-refractivity contribution in [2.45, 2.75) is 59.7 Å². The molecule has 1 atom stereocenters. The SMILES string of the molecule is CC(=O)N1CCC(C)(C(=O)c2cc3c(N[C@H](C)c4cccc(C(F)(F)F)c4C)nnc(C)c3s2)CC1. The highest BCUT2D eigenvalue weighted by Gasteiger charge is 2.39. The van der Waals surface area contributed by atoms with Gasteiger partial charge >= 0.3 is 6.18 Å². The predicted molar refractivity (Wildman–Crippen MR) is 134 cm³/mol. The lowest BCUT2D eigenvalue weighted by Crippen LogP contribution is -2.44. The molecule has 1 N–H and O–H groups in total. The van der Waals surface area contributed by atoms with Crippen LogP contribution in [0.3, 0.4) is 0 Å². The van der Waals surface area contributed by atoms with Crippen molar-refractivity contribution in [3.63, 3.8) is 0 Å². The lowest BCUT2D eigenvalue weighted by atomic mass is 9.76. The Bertz CT molecular complexity index is 1330. The number of aromatic nitrogens is 2. The molecule has 2 aromatic heterocycles. The molecule has 192 valence electrons. The minimum Gasteiger partial charge on any atom is -0.362 e. The van der Waals surface area contributed by atoms with E-state index in [4.69, 9.17) is 0 Å². The zero-order valence-corrected chi connectivity index (χ0v) is 21.7. The van der Waals surface area contributed by atoms with Gasteiger partial charge in [0.15, 0.2) is 11.6 Å². The quantitative estimate of drug-likeness (QED) is 0.400. The number of hydrogen-bond donors (Lipinski definition) is 1. The Hall–Kier alpha value is -3.01. The van der Waals surface area contributed by atoms with Gasteiger partial charge in [-0.25, -0.2) is 0 Å². The Kier molecular flexibility index (Phi) is 6.85. The summed E-state index contributed by atoms with van der Waals surface area (Å²) in [6.07, 6.45) is -3.26. The topological polar surface area (TPSA) is 75.2 Å². The third-order valence-electron chi connectivity index (χ3n) is 7.20. The normalized spacial score (nSPS) is 16.7. The van der Waals surface area contributed by atoms with Gasteiger partial charge in [0.1, 0.15) is 0 Å². The Morgan fingerprint density at radius 2 is 1.83 bits per heavy atom. The van der Waals surface area contributed by atoms with Gasteiger partial charge in [-0.1, -0.05) is 19.1 Å². The van der Waals surface area contributed by atoms with E-state index in [2.05, 4.69) is 15.5 Å². The summed E-state index contributed by atoms with van der Waals surface area (Å²) >= 11 is 1.36. The first-order valence-corrected chi connectivity index (χ1v) is 12.6. The molecule has 3 aromatic rings. The van der Waals surface area contributed by atoms with E-state index in [-0.39, 0.29) is 17.3 Å². The maximum atomic E-state index is 13.5. The number of alkyl halides is 3. The molecule has 0 spiro atoms. The van der Waals surface area contributed by atoms with Crippen LogP contribution in [-0.4, -0.2) is 39.9 Å². The molecule has 1 saturated heterocycles. The van der Waals surface area contributed by atoms with Crippen LogP contribution in [0.2, 0.25) is 0 Å². The Morgan fingerprint density at radius 1 is 1.17 bits per heavy atom. The van der Waals surface area contributed by atoms with Gasteiger partial charge in [0, 0.05) is 30.8 Å². The monoisotopic (exact) mass is 518 g/mol. The third kappa shape index (κ3) is 4.83. The lowest BCUT2D eigenvalue weighted by Gasteiger charge is -2.37. The zero-order valence-electron chi connectivity index (χ0n) is 20.9. The summed E-state index contributed by atoms with van der Waals surface area (Å²) in [5, 5.41) is 12.4. The number of thiophene rings is 1. The van der Waals surface area contributed by atoms with Gasteiger partial charge in [-0.05, 0) is 56.9 Å². The van der Waals surface area contributed by atoms with Crippen molar-refractivity contribution in [2.24, 2.45) is 5.41 Å². The number of anilines is 1. The summed E-state index contributed by atoms with van der Waals surface area (Å²) in [5.74, 6) is 0.464. The molecule has 0 bridgehead atoms. The minimum absolute atomic E-state index is 0.0139. The van der Waals surface area contributed by atoms with E-state index in [1.807, 2.05) is 13.8 Å². The number of hydrogen-bond acceptors (Lipinski definition) is 6. The summed E-state index contributed by atoms with van der Waals surface area (Å²) in [7, 11) is 0. The fourth-order valence-corrected chi connectivity index (χ4v) is 6.02. The molecule has 10 heteroatoms. The highest BCUT2D eigenvalue weighted by molar-refractivity contribution is 7.21. The summed E-state index contributed by atoms with van der Waals surface area (Å²) in [5.41, 5.74) is 0.113. The molecule has 1 amide bonds. The number of rotatable bonds is 5. The lowest BCUT2D eigenvalue weighted by molar-refractivity contribution is -0.138. The smallest absolute Gasteiger partial charge is 0.362 e. The minimum atomic E-state index is -4.43. The molecule has 0 radical (unpaired) electrons. The molecule has 4 rings (SSSR count). The molecule has 3 heterocycles.